The third kappa shape index (κ3) is 2.10. The van der Waals surface area contributed by atoms with Crippen LogP contribution in [0.3, 0.4) is 0 Å². The molecule has 0 saturated carbocycles. The van der Waals surface area contributed by atoms with Crippen LogP contribution in [0.4, 0.5) is 5.69 Å². The van der Waals surface area contributed by atoms with E-state index in [2.05, 4.69) is 10.3 Å². The molecule has 1 aromatic carbocycles. The van der Waals surface area contributed by atoms with E-state index in [-0.39, 0.29) is 5.91 Å². The monoisotopic (exact) mass is 274 g/mol. The van der Waals surface area contributed by atoms with E-state index in [0.717, 1.165) is 16.3 Å². The molecule has 0 aliphatic carbocycles. The van der Waals surface area contributed by atoms with Gasteiger partial charge in [0.15, 0.2) is 5.60 Å². The molecule has 0 radical (unpaired) electrons. The first kappa shape index (κ1) is 12.2. The topological polar surface area (TPSA) is 51.2 Å². The van der Waals surface area contributed by atoms with E-state index >= 15 is 0 Å². The molecule has 2 heterocycles. The van der Waals surface area contributed by atoms with Crippen LogP contribution < -0.4 is 10.1 Å². The van der Waals surface area contributed by atoms with E-state index in [1.54, 1.807) is 25.2 Å². The third-order valence-electron chi connectivity index (χ3n) is 3.06. The van der Waals surface area contributed by atoms with Crippen LogP contribution in [0.15, 0.2) is 23.6 Å². The standard InChI is InChI=1S/C14H14N2O2S/c1-8-15-11(7-19-8)9-4-5-10-12(6-9)18-14(2,3)13(17)16-10/h4-7H,1-3H3,(H,16,17). The summed E-state index contributed by atoms with van der Waals surface area (Å²) in [7, 11) is 0. The van der Waals surface area contributed by atoms with Gasteiger partial charge in [-0.3, -0.25) is 4.79 Å². The highest BCUT2D eigenvalue weighted by atomic mass is 32.1. The number of nitrogens with zero attached hydrogens (tertiary/aromatic N) is 1. The van der Waals surface area contributed by atoms with E-state index in [9.17, 15) is 4.79 Å². The summed E-state index contributed by atoms with van der Waals surface area (Å²) >= 11 is 1.62. The first-order chi connectivity index (χ1) is 8.95. The van der Waals surface area contributed by atoms with Crippen LogP contribution in [-0.2, 0) is 4.79 Å². The molecule has 2 aromatic rings. The van der Waals surface area contributed by atoms with Crippen molar-refractivity contribution in [3.05, 3.63) is 28.6 Å². The molecule has 1 amide bonds. The van der Waals surface area contributed by atoms with E-state index in [0.29, 0.717) is 11.4 Å². The highest BCUT2D eigenvalue weighted by molar-refractivity contribution is 7.09. The van der Waals surface area contributed by atoms with E-state index in [1.165, 1.54) is 0 Å². The minimum absolute atomic E-state index is 0.128. The van der Waals surface area contributed by atoms with Crippen molar-refractivity contribution >= 4 is 22.9 Å². The first-order valence-electron chi connectivity index (χ1n) is 6.03. The highest BCUT2D eigenvalue weighted by Gasteiger charge is 2.35. The molecule has 0 atom stereocenters. The molecule has 98 valence electrons. The minimum atomic E-state index is -0.844. The second-order valence-electron chi connectivity index (χ2n) is 5.03. The van der Waals surface area contributed by atoms with Crippen LogP contribution in [0.2, 0.25) is 0 Å². The maximum Gasteiger partial charge on any atom is 0.268 e. The van der Waals surface area contributed by atoms with E-state index < -0.39 is 5.60 Å². The van der Waals surface area contributed by atoms with Gasteiger partial charge in [-0.25, -0.2) is 4.98 Å². The summed E-state index contributed by atoms with van der Waals surface area (Å²) in [5, 5.41) is 5.90. The van der Waals surface area contributed by atoms with Crippen LogP contribution >= 0.6 is 11.3 Å². The van der Waals surface area contributed by atoms with Crippen molar-refractivity contribution in [3.8, 4) is 17.0 Å². The molecule has 0 saturated heterocycles. The average Bonchev–Trinajstić information content (AvgIpc) is 2.76. The number of hydrogen-bond acceptors (Lipinski definition) is 4. The third-order valence-corrected chi connectivity index (χ3v) is 3.83. The zero-order chi connectivity index (χ0) is 13.6. The normalized spacial score (nSPS) is 16.5. The summed E-state index contributed by atoms with van der Waals surface area (Å²) in [6.45, 7) is 5.49. The summed E-state index contributed by atoms with van der Waals surface area (Å²) in [6, 6.07) is 5.72. The average molecular weight is 274 g/mol. The number of carbonyl (C=O) groups is 1. The lowest BCUT2D eigenvalue weighted by Gasteiger charge is -2.31. The van der Waals surface area contributed by atoms with Gasteiger partial charge < -0.3 is 10.1 Å². The molecule has 5 heteroatoms. The predicted molar refractivity (Wildman–Crippen MR) is 75.6 cm³/mol. The molecule has 4 nitrogen and oxygen atoms in total. The Labute approximate surface area is 115 Å². The predicted octanol–water partition coefficient (Wildman–Crippen LogP) is 3.23. The Kier molecular flexibility index (Phi) is 2.60. The fourth-order valence-corrected chi connectivity index (χ4v) is 2.58. The van der Waals surface area contributed by atoms with Crippen molar-refractivity contribution in [1.29, 1.82) is 0 Å². The number of hydrogen-bond donors (Lipinski definition) is 1. The van der Waals surface area contributed by atoms with E-state index in [1.807, 2.05) is 30.5 Å². The molecule has 0 fully saturated rings. The number of carbonyl (C=O) groups excluding carboxylic acids is 1. The molecule has 1 aliphatic heterocycles. The maximum absolute atomic E-state index is 11.8. The molecular weight excluding hydrogens is 260 g/mol. The van der Waals surface area contributed by atoms with Crippen LogP contribution in [0, 0.1) is 6.92 Å². The molecular formula is C14H14N2O2S. The SMILES string of the molecule is Cc1nc(-c2ccc3c(c2)OC(C)(C)C(=O)N3)cs1. The number of aryl methyl sites for hydroxylation is 1. The van der Waals surface area contributed by atoms with Crippen molar-refractivity contribution in [1.82, 2.24) is 4.98 Å². The maximum atomic E-state index is 11.8. The summed E-state index contributed by atoms with van der Waals surface area (Å²) in [4.78, 5) is 16.2. The van der Waals surface area contributed by atoms with Gasteiger partial charge in [0.1, 0.15) is 5.75 Å². The summed E-state index contributed by atoms with van der Waals surface area (Å²) in [5.41, 5.74) is 1.79. The largest absolute Gasteiger partial charge is 0.476 e. The Morgan fingerprint density at radius 1 is 1.37 bits per heavy atom. The number of nitrogens with one attached hydrogen (secondary N) is 1. The molecule has 3 rings (SSSR count). The molecule has 1 aromatic heterocycles. The van der Waals surface area contributed by atoms with Crippen LogP contribution in [0.1, 0.15) is 18.9 Å². The van der Waals surface area contributed by atoms with Crippen LogP contribution in [0.25, 0.3) is 11.3 Å². The quantitative estimate of drug-likeness (QED) is 0.868. The molecule has 0 spiro atoms. The van der Waals surface area contributed by atoms with Crippen molar-refractivity contribution in [2.24, 2.45) is 0 Å². The number of anilines is 1. The Morgan fingerprint density at radius 2 is 2.16 bits per heavy atom. The molecule has 0 bridgehead atoms. The van der Waals surface area contributed by atoms with Crippen molar-refractivity contribution in [2.45, 2.75) is 26.4 Å². The number of benzene rings is 1. The van der Waals surface area contributed by atoms with E-state index in [4.69, 9.17) is 4.74 Å². The Bertz CT molecular complexity index is 661. The number of thiazole rings is 1. The van der Waals surface area contributed by atoms with Crippen molar-refractivity contribution < 1.29 is 9.53 Å². The smallest absolute Gasteiger partial charge is 0.268 e. The second-order valence-corrected chi connectivity index (χ2v) is 6.09. The zero-order valence-electron chi connectivity index (χ0n) is 11.0. The Hall–Kier alpha value is -1.88. The first-order valence-corrected chi connectivity index (χ1v) is 6.91. The highest BCUT2D eigenvalue weighted by Crippen LogP contribution is 2.36. The van der Waals surface area contributed by atoms with Gasteiger partial charge in [-0.05, 0) is 32.9 Å². The summed E-state index contributed by atoms with van der Waals surface area (Å²) in [6.07, 6.45) is 0. The lowest BCUT2D eigenvalue weighted by molar-refractivity contribution is -0.129. The van der Waals surface area contributed by atoms with Gasteiger partial charge in [-0.15, -0.1) is 11.3 Å². The second kappa shape index (κ2) is 4.06. The Morgan fingerprint density at radius 3 is 2.84 bits per heavy atom. The number of rotatable bonds is 1. The summed E-state index contributed by atoms with van der Waals surface area (Å²) in [5.74, 6) is 0.560. The number of aromatic nitrogens is 1. The minimum Gasteiger partial charge on any atom is -0.476 e. The van der Waals surface area contributed by atoms with Crippen molar-refractivity contribution in [2.75, 3.05) is 5.32 Å². The lowest BCUT2D eigenvalue weighted by atomic mass is 10.0. The van der Waals surface area contributed by atoms with Crippen LogP contribution in [0.5, 0.6) is 5.75 Å². The fraction of sp³-hybridized carbons (Fsp3) is 0.286. The number of amides is 1. The lowest BCUT2D eigenvalue weighted by Crippen LogP contribution is -2.45. The van der Waals surface area contributed by atoms with Crippen molar-refractivity contribution in [3.63, 3.8) is 0 Å². The molecule has 0 unspecified atom stereocenters. The molecule has 19 heavy (non-hydrogen) atoms. The van der Waals surface area contributed by atoms with Crippen LogP contribution in [-0.4, -0.2) is 16.5 Å². The zero-order valence-corrected chi connectivity index (χ0v) is 11.8. The number of ether oxygens (including phenoxy) is 1. The van der Waals surface area contributed by atoms with Gasteiger partial charge in [-0.1, -0.05) is 6.07 Å². The van der Waals surface area contributed by atoms with Gasteiger partial charge in [-0.2, -0.15) is 0 Å². The van der Waals surface area contributed by atoms with Gasteiger partial charge in [0.25, 0.3) is 5.91 Å². The molecule has 1 aliphatic rings. The van der Waals surface area contributed by atoms with Gasteiger partial charge in [0.2, 0.25) is 0 Å². The molecule has 1 N–H and O–H groups in total. The van der Waals surface area contributed by atoms with Gasteiger partial charge >= 0.3 is 0 Å². The van der Waals surface area contributed by atoms with Gasteiger partial charge in [0.05, 0.1) is 16.4 Å². The Balaban J connectivity index is 2.03. The van der Waals surface area contributed by atoms with Gasteiger partial charge in [0, 0.05) is 10.9 Å². The fourth-order valence-electron chi connectivity index (χ4n) is 1.96. The number of fused-ring (bicyclic) bond motifs is 1. The summed E-state index contributed by atoms with van der Waals surface area (Å²) < 4.78 is 5.76.